The van der Waals surface area contributed by atoms with E-state index in [-0.39, 0.29) is 11.5 Å². The summed E-state index contributed by atoms with van der Waals surface area (Å²) in [6.45, 7) is 4.70. The van der Waals surface area contributed by atoms with E-state index in [9.17, 15) is 23.1 Å². The molecule has 3 aromatic carbocycles. The Morgan fingerprint density at radius 1 is 1.00 bits per heavy atom. The molecule has 200 valence electrons. The van der Waals surface area contributed by atoms with Gasteiger partial charge < -0.3 is 10.0 Å². The van der Waals surface area contributed by atoms with Gasteiger partial charge in [-0.3, -0.25) is 0 Å². The van der Waals surface area contributed by atoms with Crippen molar-refractivity contribution in [2.45, 2.75) is 58.2 Å². The number of allylic oxidation sites excluding steroid dienone is 1. The summed E-state index contributed by atoms with van der Waals surface area (Å²) in [4.78, 5) is 14.6. The number of aliphatic carboxylic acids is 1. The number of carboxylic acids is 1. The predicted octanol–water partition coefficient (Wildman–Crippen LogP) is 8.49. The van der Waals surface area contributed by atoms with Crippen LogP contribution in [-0.2, 0) is 17.4 Å². The van der Waals surface area contributed by atoms with E-state index >= 15 is 0 Å². The molecule has 0 bridgehead atoms. The van der Waals surface area contributed by atoms with E-state index < -0.39 is 17.7 Å². The highest BCUT2D eigenvalue weighted by molar-refractivity contribution is 6.16. The maximum absolute atomic E-state index is 13.2. The van der Waals surface area contributed by atoms with Crippen LogP contribution in [0.15, 0.2) is 78.9 Å². The largest absolute Gasteiger partial charge is 0.478 e. The van der Waals surface area contributed by atoms with Gasteiger partial charge in [0.1, 0.15) is 0 Å². The molecule has 0 saturated carbocycles. The van der Waals surface area contributed by atoms with Crippen molar-refractivity contribution in [1.82, 2.24) is 0 Å². The Kier molecular flexibility index (Phi) is 8.60. The molecule has 0 aromatic heterocycles. The molecule has 6 heteroatoms. The molecule has 3 nitrogen and oxygen atoms in total. The van der Waals surface area contributed by atoms with Crippen LogP contribution in [0.3, 0.4) is 0 Å². The number of hydrogen-bond donors (Lipinski definition) is 1. The molecule has 1 aliphatic rings. The number of halogens is 3. The van der Waals surface area contributed by atoms with Gasteiger partial charge in [-0.05, 0) is 90.6 Å². The van der Waals surface area contributed by atoms with Crippen LogP contribution in [-0.4, -0.2) is 23.7 Å². The summed E-state index contributed by atoms with van der Waals surface area (Å²) in [5.74, 6) is -0.999. The van der Waals surface area contributed by atoms with Crippen LogP contribution < -0.4 is 4.90 Å². The lowest BCUT2D eigenvalue weighted by Crippen LogP contribution is -2.40. The highest BCUT2D eigenvalue weighted by Gasteiger charge is 2.30. The van der Waals surface area contributed by atoms with Crippen molar-refractivity contribution in [2.24, 2.45) is 5.92 Å². The maximum atomic E-state index is 13.2. The molecule has 1 atom stereocenters. The van der Waals surface area contributed by atoms with E-state index in [4.69, 9.17) is 0 Å². The standard InChI is InChI=1S/C32H34F3NO2/c1-22(2)18-30(31(37)38)26-19-25(24-12-14-27(15-13-24)32(33,34)35)20-29(21-26)36-17-7-6-10-28(36)16-11-23-8-4-3-5-9-23/h3-5,8-9,12-15,18-22,28H,6-7,10-11,16-17H2,1-2H3,(H,37,38)/b30-18-. The van der Waals surface area contributed by atoms with E-state index in [1.54, 1.807) is 12.1 Å². The van der Waals surface area contributed by atoms with Gasteiger partial charge in [0.25, 0.3) is 0 Å². The summed E-state index contributed by atoms with van der Waals surface area (Å²) in [5, 5.41) is 10.0. The Bertz CT molecular complexity index is 1260. The second-order valence-corrected chi connectivity index (χ2v) is 10.3. The first-order chi connectivity index (χ1) is 18.1. The molecule has 1 saturated heterocycles. The Morgan fingerprint density at radius 2 is 1.71 bits per heavy atom. The Balaban J connectivity index is 1.75. The number of piperidine rings is 1. The normalized spacial score (nSPS) is 16.6. The zero-order chi connectivity index (χ0) is 27.3. The average molecular weight is 522 g/mol. The molecule has 1 fully saturated rings. The Morgan fingerprint density at radius 3 is 2.34 bits per heavy atom. The van der Waals surface area contributed by atoms with Crippen molar-refractivity contribution >= 4 is 17.2 Å². The number of carboxylic acid groups (broad SMARTS) is 1. The second-order valence-electron chi connectivity index (χ2n) is 10.3. The smallest absolute Gasteiger partial charge is 0.416 e. The van der Waals surface area contributed by atoms with E-state index in [2.05, 4.69) is 17.0 Å². The van der Waals surface area contributed by atoms with Crippen LogP contribution >= 0.6 is 0 Å². The Labute approximate surface area is 222 Å². The van der Waals surface area contributed by atoms with Crippen molar-refractivity contribution in [1.29, 1.82) is 0 Å². The molecule has 0 aliphatic carbocycles. The number of carbonyl (C=O) groups is 1. The first kappa shape index (κ1) is 27.5. The summed E-state index contributed by atoms with van der Waals surface area (Å²) >= 11 is 0. The van der Waals surface area contributed by atoms with Gasteiger partial charge in [0.2, 0.25) is 0 Å². The van der Waals surface area contributed by atoms with Gasteiger partial charge in [-0.1, -0.05) is 62.4 Å². The lowest BCUT2D eigenvalue weighted by atomic mass is 9.92. The quantitative estimate of drug-likeness (QED) is 0.302. The fraction of sp³-hybridized carbons (Fsp3) is 0.344. The predicted molar refractivity (Wildman–Crippen MR) is 147 cm³/mol. The molecular formula is C32H34F3NO2. The lowest BCUT2D eigenvalue weighted by molar-refractivity contribution is -0.137. The van der Waals surface area contributed by atoms with Gasteiger partial charge in [0.05, 0.1) is 11.1 Å². The fourth-order valence-electron chi connectivity index (χ4n) is 5.19. The number of rotatable bonds is 8. The van der Waals surface area contributed by atoms with Crippen LogP contribution in [0, 0.1) is 5.92 Å². The van der Waals surface area contributed by atoms with Crippen molar-refractivity contribution in [3.8, 4) is 11.1 Å². The van der Waals surface area contributed by atoms with Crippen molar-refractivity contribution < 1.29 is 23.1 Å². The minimum absolute atomic E-state index is 0.0212. The minimum Gasteiger partial charge on any atom is -0.478 e. The second kappa shape index (κ2) is 11.9. The summed E-state index contributed by atoms with van der Waals surface area (Å²) < 4.78 is 39.5. The third-order valence-corrected chi connectivity index (χ3v) is 7.07. The molecule has 1 aliphatic heterocycles. The molecule has 1 N–H and O–H groups in total. The van der Waals surface area contributed by atoms with Crippen LogP contribution in [0.25, 0.3) is 16.7 Å². The number of nitrogens with zero attached hydrogens (tertiary/aromatic N) is 1. The molecule has 0 spiro atoms. The minimum atomic E-state index is -4.41. The summed E-state index contributed by atoms with van der Waals surface area (Å²) in [6.07, 6.45) is 2.44. The number of hydrogen-bond acceptors (Lipinski definition) is 2. The zero-order valence-electron chi connectivity index (χ0n) is 21.8. The van der Waals surface area contributed by atoms with Gasteiger partial charge in [-0.2, -0.15) is 13.2 Å². The molecule has 1 unspecified atom stereocenters. The molecule has 4 rings (SSSR count). The van der Waals surface area contributed by atoms with Crippen LogP contribution in [0.4, 0.5) is 18.9 Å². The van der Waals surface area contributed by atoms with Crippen molar-refractivity contribution in [3.63, 3.8) is 0 Å². The topological polar surface area (TPSA) is 40.5 Å². The zero-order valence-corrected chi connectivity index (χ0v) is 21.8. The Hall–Kier alpha value is -3.54. The number of aryl methyl sites for hydroxylation is 1. The molecular weight excluding hydrogens is 487 g/mol. The molecule has 1 heterocycles. The first-order valence-electron chi connectivity index (χ1n) is 13.2. The third kappa shape index (κ3) is 6.85. The van der Waals surface area contributed by atoms with E-state index in [0.29, 0.717) is 22.7 Å². The van der Waals surface area contributed by atoms with E-state index in [0.717, 1.165) is 56.5 Å². The number of alkyl halides is 3. The number of anilines is 1. The fourth-order valence-corrected chi connectivity index (χ4v) is 5.19. The molecule has 0 amide bonds. The van der Waals surface area contributed by atoms with Crippen LogP contribution in [0.5, 0.6) is 0 Å². The van der Waals surface area contributed by atoms with Crippen molar-refractivity contribution in [3.05, 3.63) is 95.6 Å². The maximum Gasteiger partial charge on any atom is 0.416 e. The lowest BCUT2D eigenvalue weighted by Gasteiger charge is -2.38. The third-order valence-electron chi connectivity index (χ3n) is 7.07. The van der Waals surface area contributed by atoms with Crippen molar-refractivity contribution in [2.75, 3.05) is 11.4 Å². The molecule has 0 radical (unpaired) electrons. The van der Waals surface area contributed by atoms with Crippen LogP contribution in [0.2, 0.25) is 0 Å². The van der Waals surface area contributed by atoms with Gasteiger partial charge in [-0.15, -0.1) is 0 Å². The average Bonchev–Trinajstić information content (AvgIpc) is 2.90. The molecule has 38 heavy (non-hydrogen) atoms. The number of benzene rings is 3. The SMILES string of the molecule is CC(C)/C=C(\C(=O)O)c1cc(-c2ccc(C(F)(F)F)cc2)cc(N2CCCCC2CCc2ccccc2)c1. The van der Waals surface area contributed by atoms with Gasteiger partial charge in [0.15, 0.2) is 0 Å². The molecule has 3 aromatic rings. The van der Waals surface area contributed by atoms with Crippen LogP contribution in [0.1, 0.15) is 56.2 Å². The highest BCUT2D eigenvalue weighted by atomic mass is 19.4. The summed E-state index contributed by atoms with van der Waals surface area (Å²) in [6, 6.07) is 21.4. The van der Waals surface area contributed by atoms with Gasteiger partial charge in [-0.25, -0.2) is 4.79 Å². The van der Waals surface area contributed by atoms with E-state index in [1.165, 1.54) is 17.7 Å². The van der Waals surface area contributed by atoms with Gasteiger partial charge in [0, 0.05) is 18.3 Å². The monoisotopic (exact) mass is 521 g/mol. The van der Waals surface area contributed by atoms with Gasteiger partial charge >= 0.3 is 12.1 Å². The summed E-state index contributed by atoms with van der Waals surface area (Å²) in [5.41, 5.74) is 3.57. The first-order valence-corrected chi connectivity index (χ1v) is 13.2. The highest BCUT2D eigenvalue weighted by Crippen LogP contribution is 2.36. The van der Waals surface area contributed by atoms with E-state index in [1.807, 2.05) is 44.2 Å². The summed E-state index contributed by atoms with van der Waals surface area (Å²) in [7, 11) is 0.